The summed E-state index contributed by atoms with van der Waals surface area (Å²) in [5.74, 6) is 0.705. The van der Waals surface area contributed by atoms with E-state index < -0.39 is 0 Å². The Bertz CT molecular complexity index is 1030. The number of unbranched alkanes of at least 4 members (excludes halogenated alkanes) is 1. The second kappa shape index (κ2) is 10.7. The maximum absolute atomic E-state index is 13.6. The van der Waals surface area contributed by atoms with Gasteiger partial charge in [-0.15, -0.1) is 0 Å². The zero-order chi connectivity index (χ0) is 22.4. The lowest BCUT2D eigenvalue weighted by atomic mass is 10.1. The van der Waals surface area contributed by atoms with Gasteiger partial charge in [-0.25, -0.2) is 4.98 Å². The number of aromatic nitrogens is 1. The van der Waals surface area contributed by atoms with Crippen molar-refractivity contribution in [3.05, 3.63) is 53.1 Å². The minimum absolute atomic E-state index is 0.0341. The molecular weight excluding hydrogens is 406 g/mol. The number of hydrogen-bond acceptors (Lipinski definition) is 5. The number of benzene rings is 2. The number of amides is 1. The van der Waals surface area contributed by atoms with Crippen molar-refractivity contribution in [2.75, 3.05) is 38.7 Å². The van der Waals surface area contributed by atoms with E-state index in [2.05, 4.69) is 37.8 Å². The molecular formula is C25H33N3O2S. The zero-order valence-corrected chi connectivity index (χ0v) is 20.1. The summed E-state index contributed by atoms with van der Waals surface area (Å²) in [6, 6.07) is 11.8. The Kier molecular flexibility index (Phi) is 8.04. The highest BCUT2D eigenvalue weighted by molar-refractivity contribution is 7.22. The molecule has 1 amide bonds. The van der Waals surface area contributed by atoms with Gasteiger partial charge in [-0.2, -0.15) is 0 Å². The van der Waals surface area contributed by atoms with Crippen LogP contribution in [0.3, 0.4) is 0 Å². The number of hydrogen-bond donors (Lipinski definition) is 0. The first kappa shape index (κ1) is 23.2. The molecule has 166 valence electrons. The molecule has 0 saturated carbocycles. The van der Waals surface area contributed by atoms with Gasteiger partial charge in [-0.3, -0.25) is 9.69 Å². The fraction of sp³-hybridized carbons (Fsp3) is 0.440. The topological polar surface area (TPSA) is 45.7 Å². The summed E-state index contributed by atoms with van der Waals surface area (Å²) in [4.78, 5) is 22.4. The van der Waals surface area contributed by atoms with Gasteiger partial charge < -0.3 is 9.64 Å². The highest BCUT2D eigenvalue weighted by Crippen LogP contribution is 2.32. The average Bonchev–Trinajstić information content (AvgIpc) is 3.15. The molecule has 2 aromatic carbocycles. The number of rotatable bonds is 10. The molecule has 0 aliphatic heterocycles. The summed E-state index contributed by atoms with van der Waals surface area (Å²) in [7, 11) is 4.10. The molecule has 6 heteroatoms. The third kappa shape index (κ3) is 6.05. The van der Waals surface area contributed by atoms with Gasteiger partial charge in [-0.1, -0.05) is 36.8 Å². The van der Waals surface area contributed by atoms with Crippen molar-refractivity contribution >= 4 is 32.6 Å². The van der Waals surface area contributed by atoms with Crippen molar-refractivity contribution in [3.63, 3.8) is 0 Å². The maximum Gasteiger partial charge on any atom is 0.260 e. The van der Waals surface area contributed by atoms with Crippen LogP contribution in [0.15, 0.2) is 36.4 Å². The average molecular weight is 440 g/mol. The van der Waals surface area contributed by atoms with E-state index in [1.807, 2.05) is 43.3 Å². The minimum atomic E-state index is -0.0341. The van der Waals surface area contributed by atoms with Crippen molar-refractivity contribution < 1.29 is 9.53 Å². The second-order valence-electron chi connectivity index (χ2n) is 8.27. The van der Waals surface area contributed by atoms with E-state index in [0.717, 1.165) is 52.5 Å². The first-order valence-electron chi connectivity index (χ1n) is 11.0. The van der Waals surface area contributed by atoms with Gasteiger partial charge in [-0.05, 0) is 82.7 Å². The smallest absolute Gasteiger partial charge is 0.260 e. The molecule has 0 spiro atoms. The third-order valence-corrected chi connectivity index (χ3v) is 6.15. The van der Waals surface area contributed by atoms with E-state index >= 15 is 0 Å². The van der Waals surface area contributed by atoms with Crippen LogP contribution in [0.2, 0.25) is 0 Å². The van der Waals surface area contributed by atoms with E-state index in [1.54, 1.807) is 11.3 Å². The van der Waals surface area contributed by atoms with Crippen LogP contribution in [0.5, 0.6) is 5.75 Å². The first-order valence-corrected chi connectivity index (χ1v) is 11.8. The molecule has 0 atom stereocenters. The van der Waals surface area contributed by atoms with Crippen molar-refractivity contribution in [1.29, 1.82) is 0 Å². The van der Waals surface area contributed by atoms with Gasteiger partial charge in [0.25, 0.3) is 5.91 Å². The van der Waals surface area contributed by atoms with Gasteiger partial charge in [0.15, 0.2) is 5.13 Å². The molecule has 31 heavy (non-hydrogen) atoms. The molecule has 0 radical (unpaired) electrons. The molecule has 0 bridgehead atoms. The van der Waals surface area contributed by atoms with Gasteiger partial charge in [0, 0.05) is 12.1 Å². The number of carbonyl (C=O) groups excluding carboxylic acids is 1. The molecule has 1 aromatic heterocycles. The van der Waals surface area contributed by atoms with E-state index in [1.165, 1.54) is 5.56 Å². The number of thiazole rings is 1. The number of fused-ring (bicyclic) bond motifs is 1. The molecule has 0 unspecified atom stereocenters. The lowest BCUT2D eigenvalue weighted by Crippen LogP contribution is -2.33. The Morgan fingerprint density at radius 1 is 1.10 bits per heavy atom. The monoisotopic (exact) mass is 439 g/mol. The standard InChI is InChI=1S/C25H33N3O2S/c1-6-7-14-30-21-11-8-10-20(17-21)24(29)28(13-9-12-27(4)5)25-26-23-19(3)15-18(2)16-22(23)31-25/h8,10-11,15-17H,6-7,9,12-14H2,1-5H3. The molecule has 3 rings (SSSR count). The molecule has 5 nitrogen and oxygen atoms in total. The van der Waals surface area contributed by atoms with Crippen molar-refractivity contribution in [1.82, 2.24) is 9.88 Å². The lowest BCUT2D eigenvalue weighted by molar-refractivity contribution is 0.0985. The highest BCUT2D eigenvalue weighted by Gasteiger charge is 2.22. The molecule has 0 N–H and O–H groups in total. The van der Waals surface area contributed by atoms with Crippen LogP contribution in [-0.2, 0) is 0 Å². The summed E-state index contributed by atoms with van der Waals surface area (Å²) in [5.41, 5.74) is 3.96. The minimum Gasteiger partial charge on any atom is -0.494 e. The Hall–Kier alpha value is -2.44. The Labute approximate surface area is 189 Å². The van der Waals surface area contributed by atoms with Crippen LogP contribution in [0.1, 0.15) is 47.7 Å². The third-order valence-electron chi connectivity index (χ3n) is 5.13. The van der Waals surface area contributed by atoms with Gasteiger partial charge >= 0.3 is 0 Å². The summed E-state index contributed by atoms with van der Waals surface area (Å²) in [6.45, 7) is 8.50. The molecule has 0 saturated heterocycles. The lowest BCUT2D eigenvalue weighted by Gasteiger charge is -2.21. The van der Waals surface area contributed by atoms with E-state index in [-0.39, 0.29) is 5.91 Å². The van der Waals surface area contributed by atoms with Gasteiger partial charge in [0.2, 0.25) is 0 Å². The number of ether oxygens (including phenoxy) is 1. The fourth-order valence-electron chi connectivity index (χ4n) is 3.51. The van der Waals surface area contributed by atoms with Crippen LogP contribution >= 0.6 is 11.3 Å². The van der Waals surface area contributed by atoms with E-state index in [4.69, 9.17) is 9.72 Å². The predicted octanol–water partition coefficient (Wildman–Crippen LogP) is 5.69. The van der Waals surface area contributed by atoms with Crippen LogP contribution in [-0.4, -0.2) is 49.6 Å². The summed E-state index contributed by atoms with van der Waals surface area (Å²) in [5, 5.41) is 0.754. The summed E-state index contributed by atoms with van der Waals surface area (Å²) >= 11 is 1.59. The summed E-state index contributed by atoms with van der Waals surface area (Å²) < 4.78 is 6.94. The SMILES string of the molecule is CCCCOc1cccc(C(=O)N(CCCN(C)C)c2nc3c(C)cc(C)cc3s2)c1. The van der Waals surface area contributed by atoms with Crippen LogP contribution in [0, 0.1) is 13.8 Å². The Balaban J connectivity index is 1.91. The molecule has 3 aromatic rings. The van der Waals surface area contributed by atoms with Crippen LogP contribution < -0.4 is 9.64 Å². The van der Waals surface area contributed by atoms with Gasteiger partial charge in [0.05, 0.1) is 16.8 Å². The van der Waals surface area contributed by atoms with Crippen molar-refractivity contribution in [2.24, 2.45) is 0 Å². The van der Waals surface area contributed by atoms with Crippen LogP contribution in [0.4, 0.5) is 5.13 Å². The Morgan fingerprint density at radius 2 is 1.90 bits per heavy atom. The second-order valence-corrected chi connectivity index (χ2v) is 9.28. The molecule has 0 aliphatic carbocycles. The van der Waals surface area contributed by atoms with E-state index in [9.17, 15) is 4.79 Å². The van der Waals surface area contributed by atoms with Crippen LogP contribution in [0.25, 0.3) is 10.2 Å². The highest BCUT2D eigenvalue weighted by atomic mass is 32.1. The molecule has 0 aliphatic rings. The number of carbonyl (C=O) groups is 1. The number of anilines is 1. The quantitative estimate of drug-likeness (QED) is 0.381. The van der Waals surface area contributed by atoms with Crippen molar-refractivity contribution in [3.8, 4) is 5.75 Å². The number of aryl methyl sites for hydroxylation is 2. The normalized spacial score (nSPS) is 11.3. The fourth-order valence-corrected chi connectivity index (χ4v) is 4.68. The molecule has 1 heterocycles. The Morgan fingerprint density at radius 3 is 2.65 bits per heavy atom. The largest absolute Gasteiger partial charge is 0.494 e. The van der Waals surface area contributed by atoms with E-state index in [0.29, 0.717) is 18.7 Å². The molecule has 0 fully saturated rings. The maximum atomic E-state index is 13.6. The number of nitrogens with zero attached hydrogens (tertiary/aromatic N) is 3. The summed E-state index contributed by atoms with van der Waals surface area (Å²) in [6.07, 6.45) is 2.95. The van der Waals surface area contributed by atoms with Gasteiger partial charge in [0.1, 0.15) is 5.75 Å². The predicted molar refractivity (Wildman–Crippen MR) is 131 cm³/mol. The first-order chi connectivity index (χ1) is 14.9. The van der Waals surface area contributed by atoms with Crippen molar-refractivity contribution in [2.45, 2.75) is 40.0 Å². The zero-order valence-electron chi connectivity index (χ0n) is 19.3.